The minimum Gasteiger partial charge on any atom is -0.408 e. The molecule has 0 atom stereocenters. The minimum absolute atomic E-state index is 0.169. The summed E-state index contributed by atoms with van der Waals surface area (Å²) in [4.78, 5) is 20.1. The molecular weight excluding hydrogens is 489 g/mol. The van der Waals surface area contributed by atoms with Crippen LogP contribution in [0.2, 0.25) is 0 Å². The number of halogens is 3. The number of hydrogen-bond donors (Lipinski definition) is 2. The van der Waals surface area contributed by atoms with Crippen molar-refractivity contribution < 1.29 is 17.6 Å². The lowest BCUT2D eigenvalue weighted by atomic mass is 10.1. The number of alkyl halides is 3. The number of unbranched alkanes of at least 4 members (excludes halogenated alkanes) is 5. The van der Waals surface area contributed by atoms with Gasteiger partial charge in [-0.15, -0.1) is 11.3 Å². The first-order chi connectivity index (χ1) is 17.2. The van der Waals surface area contributed by atoms with Crippen LogP contribution < -0.4 is 16.0 Å². The van der Waals surface area contributed by atoms with Crippen molar-refractivity contribution in [3.63, 3.8) is 0 Å². The van der Waals surface area contributed by atoms with E-state index in [0.717, 1.165) is 30.9 Å². The van der Waals surface area contributed by atoms with Crippen LogP contribution in [0.3, 0.4) is 0 Å². The van der Waals surface area contributed by atoms with Gasteiger partial charge in [0.2, 0.25) is 0 Å². The molecule has 0 aliphatic rings. The van der Waals surface area contributed by atoms with Crippen LogP contribution in [0, 0.1) is 0 Å². The van der Waals surface area contributed by atoms with Crippen LogP contribution >= 0.6 is 11.3 Å². The highest BCUT2D eigenvalue weighted by molar-refractivity contribution is 7.14. The Kier molecular flexibility index (Phi) is 8.03. The third-order valence-electron chi connectivity index (χ3n) is 6.03. The van der Waals surface area contributed by atoms with E-state index in [1.165, 1.54) is 36.7 Å². The lowest BCUT2D eigenvalue weighted by Crippen LogP contribution is -2.22. The number of anilines is 3. The summed E-state index contributed by atoms with van der Waals surface area (Å²) in [6, 6.07) is 9.50. The van der Waals surface area contributed by atoms with E-state index in [1.54, 1.807) is 41.6 Å². The maximum absolute atomic E-state index is 13.9. The van der Waals surface area contributed by atoms with E-state index >= 15 is 0 Å². The molecule has 0 bridgehead atoms. The molecule has 0 spiro atoms. The van der Waals surface area contributed by atoms with Gasteiger partial charge in [0.25, 0.3) is 0 Å². The van der Waals surface area contributed by atoms with E-state index in [9.17, 15) is 18.0 Å². The van der Waals surface area contributed by atoms with Crippen molar-refractivity contribution in [1.82, 2.24) is 9.97 Å². The molecule has 192 valence electrons. The van der Waals surface area contributed by atoms with Gasteiger partial charge in [0.1, 0.15) is 0 Å². The van der Waals surface area contributed by atoms with E-state index in [-0.39, 0.29) is 5.69 Å². The Bertz CT molecular complexity index is 1360. The van der Waals surface area contributed by atoms with E-state index in [0.29, 0.717) is 34.2 Å². The van der Waals surface area contributed by atoms with Crippen molar-refractivity contribution in [2.75, 3.05) is 23.8 Å². The number of H-pyrrole nitrogens is 1. The molecule has 0 radical (unpaired) electrons. The van der Waals surface area contributed by atoms with Crippen molar-refractivity contribution in [1.29, 1.82) is 0 Å². The van der Waals surface area contributed by atoms with Crippen molar-refractivity contribution in [2.24, 2.45) is 0 Å². The highest BCUT2D eigenvalue weighted by Crippen LogP contribution is 2.39. The Hall–Kier alpha value is -3.27. The van der Waals surface area contributed by atoms with Gasteiger partial charge in [-0.3, -0.25) is 4.98 Å². The number of rotatable bonds is 11. The van der Waals surface area contributed by atoms with Gasteiger partial charge in [-0.2, -0.15) is 13.2 Å². The molecule has 0 saturated heterocycles. The van der Waals surface area contributed by atoms with Crippen LogP contribution in [0.4, 0.5) is 29.7 Å². The van der Waals surface area contributed by atoms with Crippen LogP contribution in [0.5, 0.6) is 0 Å². The van der Waals surface area contributed by atoms with Gasteiger partial charge in [0.05, 0.1) is 16.8 Å². The first-order valence-corrected chi connectivity index (χ1v) is 12.9. The standard InChI is InChI=1S/C26H29F3N4O2S/c1-3-4-5-6-7-8-13-33(2)22-12-10-18(15-19(22)26(27,28)29)30-24-31-21(16-36-24)17-9-11-20-23(14-17)35-25(34)32-20/h9-12,14-16H,3-8,13H2,1-2H3,(H,30,31)(H,32,34). The van der Waals surface area contributed by atoms with Gasteiger partial charge in [0, 0.05) is 35.9 Å². The topological polar surface area (TPSA) is 74.2 Å². The lowest BCUT2D eigenvalue weighted by molar-refractivity contribution is -0.137. The van der Waals surface area contributed by atoms with Crippen molar-refractivity contribution >= 4 is 38.9 Å². The number of aromatic amines is 1. The zero-order valence-electron chi connectivity index (χ0n) is 20.2. The van der Waals surface area contributed by atoms with Gasteiger partial charge >= 0.3 is 11.9 Å². The first kappa shape index (κ1) is 25.8. The van der Waals surface area contributed by atoms with Gasteiger partial charge in [-0.25, -0.2) is 9.78 Å². The summed E-state index contributed by atoms with van der Waals surface area (Å²) < 4.78 is 46.8. The molecule has 2 N–H and O–H groups in total. The molecule has 6 nitrogen and oxygen atoms in total. The van der Waals surface area contributed by atoms with E-state index in [1.807, 2.05) is 0 Å². The van der Waals surface area contributed by atoms with Gasteiger partial charge < -0.3 is 14.6 Å². The van der Waals surface area contributed by atoms with Crippen LogP contribution in [0.1, 0.15) is 51.0 Å². The second-order valence-corrected chi connectivity index (χ2v) is 9.67. The predicted molar refractivity (Wildman–Crippen MR) is 139 cm³/mol. The van der Waals surface area contributed by atoms with Crippen molar-refractivity contribution in [3.8, 4) is 11.3 Å². The van der Waals surface area contributed by atoms with Crippen LogP contribution in [0.15, 0.2) is 51.0 Å². The summed E-state index contributed by atoms with van der Waals surface area (Å²) in [6.07, 6.45) is 2.04. The minimum atomic E-state index is -4.48. The number of nitrogens with zero attached hydrogens (tertiary/aromatic N) is 2. The molecule has 2 heterocycles. The number of aromatic nitrogens is 2. The summed E-state index contributed by atoms with van der Waals surface area (Å²) in [6.45, 7) is 2.73. The molecule has 4 rings (SSSR count). The fourth-order valence-corrected chi connectivity index (χ4v) is 4.86. The molecule has 2 aromatic carbocycles. The second kappa shape index (κ2) is 11.2. The Labute approximate surface area is 211 Å². The fourth-order valence-electron chi connectivity index (χ4n) is 4.12. The molecule has 0 saturated carbocycles. The number of benzene rings is 2. The zero-order chi connectivity index (χ0) is 25.7. The molecule has 36 heavy (non-hydrogen) atoms. The molecule has 2 aromatic heterocycles. The smallest absolute Gasteiger partial charge is 0.408 e. The quantitative estimate of drug-likeness (QED) is 0.198. The third-order valence-corrected chi connectivity index (χ3v) is 6.79. The van der Waals surface area contributed by atoms with Gasteiger partial charge in [-0.1, -0.05) is 45.1 Å². The summed E-state index contributed by atoms with van der Waals surface area (Å²) in [7, 11) is 1.71. The zero-order valence-corrected chi connectivity index (χ0v) is 21.1. The second-order valence-electron chi connectivity index (χ2n) is 8.81. The molecule has 0 aliphatic carbocycles. The Balaban J connectivity index is 1.47. The highest BCUT2D eigenvalue weighted by Gasteiger charge is 2.34. The monoisotopic (exact) mass is 518 g/mol. The summed E-state index contributed by atoms with van der Waals surface area (Å²) in [5, 5.41) is 5.25. The summed E-state index contributed by atoms with van der Waals surface area (Å²) in [5.74, 6) is -0.538. The predicted octanol–water partition coefficient (Wildman–Crippen LogP) is 7.80. The van der Waals surface area contributed by atoms with E-state index in [4.69, 9.17) is 4.42 Å². The van der Waals surface area contributed by atoms with E-state index < -0.39 is 17.5 Å². The molecule has 4 aromatic rings. The lowest BCUT2D eigenvalue weighted by Gasteiger charge is -2.24. The summed E-state index contributed by atoms with van der Waals surface area (Å²) >= 11 is 1.28. The average molecular weight is 519 g/mol. The van der Waals surface area contributed by atoms with Crippen LogP contribution in [0.25, 0.3) is 22.4 Å². The van der Waals surface area contributed by atoms with Crippen LogP contribution in [-0.2, 0) is 6.18 Å². The third kappa shape index (κ3) is 6.29. The normalized spacial score (nSPS) is 11.8. The molecule has 0 fully saturated rings. The Morgan fingerprint density at radius 1 is 1.08 bits per heavy atom. The SMILES string of the molecule is CCCCCCCCN(C)c1ccc(Nc2nc(-c3ccc4[nH]c(=O)oc4c3)cs2)cc1C(F)(F)F. The Morgan fingerprint density at radius 2 is 1.86 bits per heavy atom. The van der Waals surface area contributed by atoms with Crippen molar-refractivity contribution in [2.45, 2.75) is 51.6 Å². The highest BCUT2D eigenvalue weighted by atomic mass is 32.1. The maximum atomic E-state index is 13.9. The molecule has 0 aliphatic heterocycles. The molecular formula is C26H29F3N4O2S. The molecule has 0 unspecified atom stereocenters. The van der Waals surface area contributed by atoms with Crippen LogP contribution in [-0.4, -0.2) is 23.6 Å². The largest absolute Gasteiger partial charge is 0.418 e. The van der Waals surface area contributed by atoms with Crippen molar-refractivity contribution in [3.05, 3.63) is 57.9 Å². The number of hydrogen-bond acceptors (Lipinski definition) is 6. The number of fused-ring (bicyclic) bond motifs is 1. The maximum Gasteiger partial charge on any atom is 0.418 e. The number of nitrogens with one attached hydrogen (secondary N) is 2. The number of oxazole rings is 1. The first-order valence-electron chi connectivity index (χ1n) is 12.0. The van der Waals surface area contributed by atoms with Gasteiger partial charge in [0.15, 0.2) is 10.7 Å². The molecule has 0 amide bonds. The average Bonchev–Trinajstić information content (AvgIpc) is 3.45. The molecule has 10 heteroatoms. The van der Waals surface area contributed by atoms with Gasteiger partial charge in [-0.05, 0) is 36.8 Å². The van der Waals surface area contributed by atoms with E-state index in [2.05, 4.69) is 22.2 Å². The summed E-state index contributed by atoms with van der Waals surface area (Å²) in [5.41, 5.74) is 2.16. The Morgan fingerprint density at radius 3 is 2.64 bits per heavy atom. The fraction of sp³-hybridized carbons (Fsp3) is 0.385. The number of thiazole rings is 1.